The minimum absolute atomic E-state index is 0.620. The van der Waals surface area contributed by atoms with E-state index in [0.29, 0.717) is 11.1 Å². The molecule has 0 saturated heterocycles. The second-order valence-electron chi connectivity index (χ2n) is 12.0. The van der Waals surface area contributed by atoms with Crippen LogP contribution in [0.3, 0.4) is 0 Å². The van der Waals surface area contributed by atoms with Crippen LogP contribution in [0.1, 0.15) is 11.1 Å². The average Bonchev–Trinajstić information content (AvgIpc) is 3.68. The number of nitrogens with zero attached hydrogens (tertiary/aromatic N) is 4. The summed E-state index contributed by atoms with van der Waals surface area (Å²) < 4.78 is 4.54. The van der Waals surface area contributed by atoms with E-state index in [9.17, 15) is 10.5 Å². The van der Waals surface area contributed by atoms with Crippen molar-refractivity contribution in [3.63, 3.8) is 0 Å². The summed E-state index contributed by atoms with van der Waals surface area (Å²) in [5.41, 5.74) is 11.5. The molecule has 4 heteroatoms. The van der Waals surface area contributed by atoms with Crippen LogP contribution in [0.2, 0.25) is 0 Å². The van der Waals surface area contributed by atoms with E-state index in [2.05, 4.69) is 137 Å². The van der Waals surface area contributed by atoms with Crippen molar-refractivity contribution in [1.82, 2.24) is 9.13 Å². The van der Waals surface area contributed by atoms with Crippen LogP contribution >= 0.6 is 0 Å². The first kappa shape index (κ1) is 27.4. The quantitative estimate of drug-likeness (QED) is 0.199. The van der Waals surface area contributed by atoms with Crippen LogP contribution in [0.4, 0.5) is 0 Å². The Bertz CT molecular complexity index is 2760. The van der Waals surface area contributed by atoms with Crippen molar-refractivity contribution < 1.29 is 0 Å². The fraction of sp³-hybridized carbons (Fsp3) is 0. The molecule has 48 heavy (non-hydrogen) atoms. The Kier molecular flexibility index (Phi) is 6.22. The lowest BCUT2D eigenvalue weighted by molar-refractivity contribution is 1.18. The van der Waals surface area contributed by atoms with E-state index in [4.69, 9.17) is 0 Å². The van der Waals surface area contributed by atoms with Crippen LogP contribution in [0.5, 0.6) is 0 Å². The molecule has 2 aromatic heterocycles. The Morgan fingerprint density at radius 1 is 0.396 bits per heavy atom. The highest BCUT2D eigenvalue weighted by atomic mass is 15.0. The first-order valence-electron chi connectivity index (χ1n) is 15.9. The molecule has 9 rings (SSSR count). The van der Waals surface area contributed by atoms with Gasteiger partial charge in [0.05, 0.1) is 51.0 Å². The summed E-state index contributed by atoms with van der Waals surface area (Å²) in [4.78, 5) is 0. The van der Waals surface area contributed by atoms with Crippen LogP contribution in [-0.4, -0.2) is 9.13 Å². The van der Waals surface area contributed by atoms with Gasteiger partial charge in [-0.15, -0.1) is 0 Å². The monoisotopic (exact) mass is 610 g/mol. The van der Waals surface area contributed by atoms with Gasteiger partial charge >= 0.3 is 0 Å². The van der Waals surface area contributed by atoms with Gasteiger partial charge in [0.1, 0.15) is 0 Å². The van der Waals surface area contributed by atoms with Crippen LogP contribution in [0.25, 0.3) is 77.2 Å². The van der Waals surface area contributed by atoms with Crippen molar-refractivity contribution in [3.8, 4) is 45.8 Å². The largest absolute Gasteiger partial charge is 0.309 e. The number of aromatic nitrogens is 2. The van der Waals surface area contributed by atoms with Gasteiger partial charge in [-0.25, -0.2) is 0 Å². The predicted molar refractivity (Wildman–Crippen MR) is 195 cm³/mol. The van der Waals surface area contributed by atoms with Gasteiger partial charge < -0.3 is 9.13 Å². The molecule has 9 aromatic rings. The minimum Gasteiger partial charge on any atom is -0.309 e. The predicted octanol–water partition coefficient (Wildman–Crippen LogP) is 11.0. The maximum Gasteiger partial charge on any atom is 0.0998 e. The molecule has 0 unspecified atom stereocenters. The second kappa shape index (κ2) is 10.9. The minimum atomic E-state index is 0.620. The average molecular weight is 611 g/mol. The summed E-state index contributed by atoms with van der Waals surface area (Å²) in [6.45, 7) is 0. The smallest absolute Gasteiger partial charge is 0.0998 e. The van der Waals surface area contributed by atoms with Gasteiger partial charge in [-0.05, 0) is 71.8 Å². The summed E-state index contributed by atoms with van der Waals surface area (Å²) in [6, 6.07) is 58.9. The Hall–Kier alpha value is -6.88. The fourth-order valence-corrected chi connectivity index (χ4v) is 7.34. The third-order valence-corrected chi connectivity index (χ3v) is 9.41. The maximum absolute atomic E-state index is 10.3. The van der Waals surface area contributed by atoms with E-state index in [1.165, 1.54) is 10.8 Å². The molecule has 0 bridgehead atoms. The lowest BCUT2D eigenvalue weighted by Gasteiger charge is -2.16. The molecule has 0 atom stereocenters. The van der Waals surface area contributed by atoms with E-state index in [-0.39, 0.29) is 0 Å². The van der Waals surface area contributed by atoms with Gasteiger partial charge in [0, 0.05) is 38.4 Å². The first-order valence-corrected chi connectivity index (χ1v) is 15.9. The molecule has 0 aliphatic heterocycles. The number of fused-ring (bicyclic) bond motifs is 6. The molecule has 0 N–H and O–H groups in total. The van der Waals surface area contributed by atoms with Crippen LogP contribution in [-0.2, 0) is 0 Å². The molecular formula is C44H26N4. The summed E-state index contributed by atoms with van der Waals surface area (Å²) >= 11 is 0. The van der Waals surface area contributed by atoms with Crippen LogP contribution in [0.15, 0.2) is 158 Å². The van der Waals surface area contributed by atoms with Crippen molar-refractivity contribution in [2.45, 2.75) is 0 Å². The Balaban J connectivity index is 1.24. The molecule has 7 aromatic carbocycles. The number of nitriles is 2. The molecule has 4 nitrogen and oxygen atoms in total. The van der Waals surface area contributed by atoms with E-state index in [0.717, 1.165) is 66.5 Å². The summed E-state index contributed by atoms with van der Waals surface area (Å²) in [5.74, 6) is 0. The molecule has 0 saturated carbocycles. The van der Waals surface area contributed by atoms with Gasteiger partial charge in [0.15, 0.2) is 0 Å². The number of hydrogen-bond donors (Lipinski definition) is 0. The van der Waals surface area contributed by atoms with Crippen LogP contribution in [0, 0.1) is 22.7 Å². The molecule has 0 amide bonds. The zero-order valence-corrected chi connectivity index (χ0v) is 25.8. The van der Waals surface area contributed by atoms with E-state index in [1.54, 1.807) is 0 Å². The van der Waals surface area contributed by atoms with Crippen LogP contribution < -0.4 is 0 Å². The van der Waals surface area contributed by atoms with E-state index < -0.39 is 0 Å². The topological polar surface area (TPSA) is 57.4 Å². The molecule has 0 radical (unpaired) electrons. The number of para-hydroxylation sites is 4. The highest BCUT2D eigenvalue weighted by molar-refractivity contribution is 6.12. The molecule has 222 valence electrons. The molecule has 0 aliphatic rings. The number of rotatable bonds is 4. The Morgan fingerprint density at radius 2 is 0.979 bits per heavy atom. The molecule has 0 spiro atoms. The fourth-order valence-electron chi connectivity index (χ4n) is 7.34. The lowest BCUT2D eigenvalue weighted by Crippen LogP contribution is -1.98. The van der Waals surface area contributed by atoms with Gasteiger partial charge in [0.25, 0.3) is 0 Å². The van der Waals surface area contributed by atoms with E-state index >= 15 is 0 Å². The van der Waals surface area contributed by atoms with Gasteiger partial charge in [0.2, 0.25) is 0 Å². The Morgan fingerprint density at radius 3 is 1.71 bits per heavy atom. The van der Waals surface area contributed by atoms with Crippen molar-refractivity contribution in [3.05, 3.63) is 169 Å². The number of benzene rings is 7. The highest BCUT2D eigenvalue weighted by Gasteiger charge is 2.18. The molecule has 0 fully saturated rings. The first-order chi connectivity index (χ1) is 23.7. The second-order valence-corrected chi connectivity index (χ2v) is 12.0. The molecular weight excluding hydrogens is 585 g/mol. The normalized spacial score (nSPS) is 11.3. The third-order valence-electron chi connectivity index (χ3n) is 9.41. The van der Waals surface area contributed by atoms with Crippen molar-refractivity contribution >= 4 is 43.6 Å². The molecule has 2 heterocycles. The highest BCUT2D eigenvalue weighted by Crippen LogP contribution is 2.39. The van der Waals surface area contributed by atoms with Gasteiger partial charge in [-0.1, -0.05) is 97.1 Å². The van der Waals surface area contributed by atoms with Crippen molar-refractivity contribution in [2.75, 3.05) is 0 Å². The van der Waals surface area contributed by atoms with E-state index in [1.807, 2.05) is 42.5 Å². The summed E-state index contributed by atoms with van der Waals surface area (Å²) in [7, 11) is 0. The third kappa shape index (κ3) is 4.07. The summed E-state index contributed by atoms with van der Waals surface area (Å²) in [6.07, 6.45) is 0. The Labute approximate surface area is 277 Å². The van der Waals surface area contributed by atoms with Gasteiger partial charge in [-0.3, -0.25) is 0 Å². The molecule has 0 aliphatic carbocycles. The van der Waals surface area contributed by atoms with Crippen molar-refractivity contribution in [2.24, 2.45) is 0 Å². The maximum atomic E-state index is 10.3. The van der Waals surface area contributed by atoms with Crippen molar-refractivity contribution in [1.29, 1.82) is 10.5 Å². The zero-order chi connectivity index (χ0) is 32.2. The summed E-state index contributed by atoms with van der Waals surface area (Å²) in [5, 5.41) is 24.7. The van der Waals surface area contributed by atoms with Gasteiger partial charge in [-0.2, -0.15) is 10.5 Å². The SMILES string of the molecule is N#Cc1ccc(-c2cccc(-n3c4ccccc4c4c(C#N)cccc43)c2)cc1-c1ccccc1-n1c2ccccc2c2ccccc21. The standard InChI is InChI=1S/C44H26N4/c45-27-31-24-23-30(29-11-9-13-33(25-29)47-42-21-8-4-17-37(42)44-32(28-46)12-10-22-43(44)47)26-38(31)36-16-3-7-20-41(36)48-39-18-5-1-14-34(39)35-15-2-6-19-40(35)48/h1-26H. The lowest BCUT2D eigenvalue weighted by atomic mass is 9.93. The number of hydrogen-bond acceptors (Lipinski definition) is 2. The zero-order valence-electron chi connectivity index (χ0n) is 25.8.